The highest BCUT2D eigenvalue weighted by Gasteiger charge is 2.33. The number of carbonyl (C=O) groups excluding carboxylic acids is 2. The Hall–Kier alpha value is -2.72. The molecule has 3 rings (SSSR count). The lowest BCUT2D eigenvalue weighted by molar-refractivity contribution is -0.112. The minimum absolute atomic E-state index is 0.413. The molecule has 1 aliphatic carbocycles. The minimum Gasteiger partial charge on any atom is -0.355 e. The lowest BCUT2D eigenvalue weighted by Gasteiger charge is -2.26. The Bertz CT molecular complexity index is 821. The lowest BCUT2D eigenvalue weighted by Crippen LogP contribution is -2.34. The summed E-state index contributed by atoms with van der Waals surface area (Å²) in [4.78, 5) is 27.5. The Morgan fingerprint density at radius 1 is 0.800 bits per heavy atom. The number of hydrogen-bond acceptors (Lipinski definition) is 4. The molecule has 0 radical (unpaired) electrons. The molecule has 0 amide bonds. The summed E-state index contributed by atoms with van der Waals surface area (Å²) in [6.45, 7) is 6.21. The fourth-order valence-electron chi connectivity index (χ4n) is 3.06. The SMILES string of the molecule is CCN(CC)CC1=C(Nc2ccccc2)c2ccccc2C(=O)C1=O. The largest absolute Gasteiger partial charge is 0.355 e. The highest BCUT2D eigenvalue weighted by atomic mass is 16.2. The number of nitrogens with zero attached hydrogens (tertiary/aromatic N) is 1. The molecule has 2 aromatic carbocycles. The molecule has 0 spiro atoms. The monoisotopic (exact) mass is 334 g/mol. The van der Waals surface area contributed by atoms with Gasteiger partial charge in [0, 0.05) is 28.9 Å². The van der Waals surface area contributed by atoms with Crippen LogP contribution in [0.4, 0.5) is 5.69 Å². The van der Waals surface area contributed by atoms with Gasteiger partial charge in [-0.25, -0.2) is 0 Å². The van der Waals surface area contributed by atoms with Crippen molar-refractivity contribution < 1.29 is 9.59 Å². The number of ketones is 2. The predicted molar refractivity (Wildman–Crippen MR) is 101 cm³/mol. The molecule has 0 bridgehead atoms. The van der Waals surface area contributed by atoms with E-state index in [4.69, 9.17) is 0 Å². The molecule has 0 fully saturated rings. The van der Waals surface area contributed by atoms with Crippen molar-refractivity contribution in [2.45, 2.75) is 13.8 Å². The normalized spacial score (nSPS) is 14.0. The summed E-state index contributed by atoms with van der Waals surface area (Å²) in [5.74, 6) is -0.833. The maximum absolute atomic E-state index is 12.8. The summed E-state index contributed by atoms with van der Waals surface area (Å²) in [7, 11) is 0. The second-order valence-electron chi connectivity index (χ2n) is 6.01. The lowest BCUT2D eigenvalue weighted by atomic mass is 9.86. The number of para-hydroxylation sites is 1. The van der Waals surface area contributed by atoms with Crippen LogP contribution in [-0.4, -0.2) is 36.1 Å². The Morgan fingerprint density at radius 3 is 2.04 bits per heavy atom. The molecule has 0 aliphatic heterocycles. The van der Waals surface area contributed by atoms with E-state index < -0.39 is 11.6 Å². The van der Waals surface area contributed by atoms with Crippen LogP contribution in [0.5, 0.6) is 0 Å². The first kappa shape index (κ1) is 17.1. The third-order valence-electron chi connectivity index (χ3n) is 4.54. The highest BCUT2D eigenvalue weighted by Crippen LogP contribution is 2.31. The maximum atomic E-state index is 12.8. The molecule has 0 atom stereocenters. The standard InChI is InChI=1S/C21H22N2O2/c1-3-23(4-2)14-18-19(22-15-10-6-5-7-11-15)16-12-8-9-13-17(16)20(24)21(18)25/h5-13,22H,3-4,14H2,1-2H3. The van der Waals surface area contributed by atoms with Crippen LogP contribution in [0.1, 0.15) is 29.8 Å². The first-order chi connectivity index (χ1) is 12.2. The van der Waals surface area contributed by atoms with Crippen LogP contribution in [0.3, 0.4) is 0 Å². The van der Waals surface area contributed by atoms with E-state index in [-0.39, 0.29) is 0 Å². The molecule has 0 heterocycles. The summed E-state index contributed by atoms with van der Waals surface area (Å²) in [5, 5.41) is 3.37. The van der Waals surface area contributed by atoms with Crippen molar-refractivity contribution in [1.29, 1.82) is 0 Å². The zero-order valence-corrected chi connectivity index (χ0v) is 14.6. The van der Waals surface area contributed by atoms with Crippen LogP contribution in [0.2, 0.25) is 0 Å². The molecule has 0 saturated heterocycles. The van der Waals surface area contributed by atoms with Gasteiger partial charge in [-0.15, -0.1) is 0 Å². The molecule has 0 saturated carbocycles. The molecule has 25 heavy (non-hydrogen) atoms. The molecule has 2 aromatic rings. The van der Waals surface area contributed by atoms with Gasteiger partial charge in [-0.3, -0.25) is 14.5 Å². The van der Waals surface area contributed by atoms with Crippen molar-refractivity contribution >= 4 is 23.0 Å². The smallest absolute Gasteiger partial charge is 0.233 e. The fraction of sp³-hybridized carbons (Fsp3) is 0.238. The second-order valence-corrected chi connectivity index (χ2v) is 6.01. The zero-order chi connectivity index (χ0) is 17.8. The van der Waals surface area contributed by atoms with Crippen molar-refractivity contribution in [3.05, 3.63) is 71.3 Å². The van der Waals surface area contributed by atoms with E-state index in [9.17, 15) is 9.59 Å². The summed E-state index contributed by atoms with van der Waals surface area (Å²) >= 11 is 0. The van der Waals surface area contributed by atoms with E-state index in [2.05, 4.69) is 24.1 Å². The average Bonchev–Trinajstić information content (AvgIpc) is 2.66. The fourth-order valence-corrected chi connectivity index (χ4v) is 3.06. The Labute approximate surface area is 148 Å². The Morgan fingerprint density at radius 2 is 1.40 bits per heavy atom. The van der Waals surface area contributed by atoms with Crippen LogP contribution in [0.15, 0.2) is 60.2 Å². The van der Waals surface area contributed by atoms with Crippen LogP contribution >= 0.6 is 0 Å². The average molecular weight is 334 g/mol. The van der Waals surface area contributed by atoms with Gasteiger partial charge in [-0.1, -0.05) is 56.3 Å². The van der Waals surface area contributed by atoms with Gasteiger partial charge in [0.2, 0.25) is 11.6 Å². The number of benzene rings is 2. The molecule has 0 aromatic heterocycles. The van der Waals surface area contributed by atoms with Crippen molar-refractivity contribution in [2.75, 3.05) is 25.0 Å². The third-order valence-corrected chi connectivity index (χ3v) is 4.54. The molecular weight excluding hydrogens is 312 g/mol. The van der Waals surface area contributed by atoms with Crippen molar-refractivity contribution in [2.24, 2.45) is 0 Å². The topological polar surface area (TPSA) is 49.4 Å². The maximum Gasteiger partial charge on any atom is 0.233 e. The van der Waals surface area contributed by atoms with Gasteiger partial charge >= 0.3 is 0 Å². The van der Waals surface area contributed by atoms with E-state index in [0.29, 0.717) is 17.7 Å². The number of nitrogens with one attached hydrogen (secondary N) is 1. The first-order valence-electron chi connectivity index (χ1n) is 8.61. The van der Waals surface area contributed by atoms with Gasteiger partial charge in [-0.05, 0) is 25.2 Å². The Balaban J connectivity index is 2.13. The van der Waals surface area contributed by atoms with Gasteiger partial charge in [0.1, 0.15) is 0 Å². The number of Topliss-reactive ketones (excluding diaryl/α,β-unsaturated/α-hetero) is 2. The van der Waals surface area contributed by atoms with Gasteiger partial charge in [0.05, 0.1) is 5.70 Å². The molecule has 1 aliphatic rings. The van der Waals surface area contributed by atoms with Crippen LogP contribution in [0, 0.1) is 0 Å². The molecule has 1 N–H and O–H groups in total. The van der Waals surface area contributed by atoms with Gasteiger partial charge < -0.3 is 5.32 Å². The number of anilines is 1. The minimum atomic E-state index is -0.420. The van der Waals surface area contributed by atoms with Gasteiger partial charge in [-0.2, -0.15) is 0 Å². The summed E-state index contributed by atoms with van der Waals surface area (Å²) in [6, 6.07) is 17.0. The second kappa shape index (κ2) is 7.45. The highest BCUT2D eigenvalue weighted by molar-refractivity contribution is 6.52. The van der Waals surface area contributed by atoms with Crippen LogP contribution < -0.4 is 5.32 Å². The molecule has 128 valence electrons. The van der Waals surface area contributed by atoms with E-state index in [1.54, 1.807) is 12.1 Å². The zero-order valence-electron chi connectivity index (χ0n) is 14.6. The molecule has 0 unspecified atom stereocenters. The molecule has 4 nitrogen and oxygen atoms in total. The van der Waals surface area contributed by atoms with E-state index in [1.807, 2.05) is 42.5 Å². The first-order valence-corrected chi connectivity index (χ1v) is 8.61. The third kappa shape index (κ3) is 3.39. The van der Waals surface area contributed by atoms with Crippen LogP contribution in [-0.2, 0) is 4.79 Å². The quantitative estimate of drug-likeness (QED) is 0.820. The number of carbonyl (C=O) groups is 2. The van der Waals surface area contributed by atoms with Crippen molar-refractivity contribution in [3.8, 4) is 0 Å². The summed E-state index contributed by atoms with van der Waals surface area (Å²) < 4.78 is 0. The number of likely N-dealkylation sites (N-methyl/N-ethyl adjacent to an activating group) is 1. The van der Waals surface area contributed by atoms with E-state index in [1.165, 1.54) is 0 Å². The van der Waals surface area contributed by atoms with Gasteiger partial charge in [0.25, 0.3) is 0 Å². The molecular formula is C21H22N2O2. The number of rotatable bonds is 6. The van der Waals surface area contributed by atoms with Gasteiger partial charge in [0.15, 0.2) is 0 Å². The predicted octanol–water partition coefficient (Wildman–Crippen LogP) is 3.62. The van der Waals surface area contributed by atoms with E-state index in [0.717, 1.165) is 30.0 Å². The Kier molecular flexibility index (Phi) is 5.10. The van der Waals surface area contributed by atoms with Crippen molar-refractivity contribution in [1.82, 2.24) is 4.90 Å². The molecule has 4 heteroatoms. The van der Waals surface area contributed by atoms with E-state index >= 15 is 0 Å². The van der Waals surface area contributed by atoms with Crippen molar-refractivity contribution in [3.63, 3.8) is 0 Å². The number of hydrogen-bond donors (Lipinski definition) is 1. The summed E-state index contributed by atoms with van der Waals surface area (Å²) in [5.41, 5.74) is 3.42. The van der Waals surface area contributed by atoms with Crippen LogP contribution in [0.25, 0.3) is 5.70 Å². The number of fused-ring (bicyclic) bond motifs is 1. The summed E-state index contributed by atoms with van der Waals surface area (Å²) in [6.07, 6.45) is 0.